The molecule has 1 amide bonds. The number of alkyl halides is 3. The van der Waals surface area contributed by atoms with Crippen LogP contribution >= 0.6 is 0 Å². The summed E-state index contributed by atoms with van der Waals surface area (Å²) in [6.45, 7) is 1.35. The third kappa shape index (κ3) is 4.28. The zero-order chi connectivity index (χ0) is 18.6. The highest BCUT2D eigenvalue weighted by Gasteiger charge is 2.35. The van der Waals surface area contributed by atoms with Gasteiger partial charge in [-0.2, -0.15) is 13.2 Å². The van der Waals surface area contributed by atoms with Crippen molar-refractivity contribution in [1.29, 1.82) is 0 Å². The van der Waals surface area contributed by atoms with Gasteiger partial charge >= 0.3 is 6.18 Å². The second-order valence-corrected chi connectivity index (χ2v) is 5.98. The highest BCUT2D eigenvalue weighted by Crippen LogP contribution is 2.36. The second kappa shape index (κ2) is 7.68. The summed E-state index contributed by atoms with van der Waals surface area (Å²) in [7, 11) is 0. The molecular formula is C19H19F3N2O2. The van der Waals surface area contributed by atoms with Crippen LogP contribution in [0.2, 0.25) is 0 Å². The number of hydrogen-bond acceptors (Lipinski definition) is 3. The molecule has 0 spiro atoms. The molecule has 0 unspecified atom stereocenters. The van der Waals surface area contributed by atoms with Crippen LogP contribution in [0, 0.1) is 0 Å². The molecule has 138 valence electrons. The van der Waals surface area contributed by atoms with Crippen LogP contribution in [-0.4, -0.2) is 43.6 Å². The van der Waals surface area contributed by atoms with E-state index >= 15 is 0 Å². The Morgan fingerprint density at radius 3 is 2.19 bits per heavy atom. The minimum Gasteiger partial charge on any atom is -0.484 e. The van der Waals surface area contributed by atoms with E-state index in [0.29, 0.717) is 31.9 Å². The molecule has 3 rings (SSSR count). The zero-order valence-electron chi connectivity index (χ0n) is 14.1. The average molecular weight is 364 g/mol. The van der Waals surface area contributed by atoms with Gasteiger partial charge in [0.1, 0.15) is 5.75 Å². The third-order valence-corrected chi connectivity index (χ3v) is 4.29. The van der Waals surface area contributed by atoms with Crippen LogP contribution in [0.4, 0.5) is 18.9 Å². The summed E-state index contributed by atoms with van der Waals surface area (Å²) in [6, 6.07) is 14.5. The molecule has 1 heterocycles. The molecule has 1 aliphatic heterocycles. The van der Waals surface area contributed by atoms with E-state index in [9.17, 15) is 18.0 Å². The Balaban J connectivity index is 1.57. The van der Waals surface area contributed by atoms with Crippen LogP contribution in [0.1, 0.15) is 5.56 Å². The number of benzene rings is 2. The van der Waals surface area contributed by atoms with Gasteiger partial charge in [-0.25, -0.2) is 0 Å². The molecule has 1 fully saturated rings. The number of piperazine rings is 1. The monoisotopic (exact) mass is 364 g/mol. The van der Waals surface area contributed by atoms with Gasteiger partial charge in [0.25, 0.3) is 5.91 Å². The average Bonchev–Trinajstić information content (AvgIpc) is 2.66. The number of ether oxygens (including phenoxy) is 1. The summed E-state index contributed by atoms with van der Waals surface area (Å²) in [4.78, 5) is 15.5. The predicted octanol–water partition coefficient (Wildman–Crippen LogP) is 3.43. The van der Waals surface area contributed by atoms with Gasteiger partial charge in [-0.15, -0.1) is 0 Å². The fourth-order valence-electron chi connectivity index (χ4n) is 2.94. The zero-order valence-corrected chi connectivity index (χ0v) is 14.1. The summed E-state index contributed by atoms with van der Waals surface area (Å²) >= 11 is 0. The molecule has 2 aromatic carbocycles. The normalized spacial score (nSPS) is 15.0. The number of carbonyl (C=O) groups is 1. The molecule has 0 bridgehead atoms. The fraction of sp³-hybridized carbons (Fsp3) is 0.316. The van der Waals surface area contributed by atoms with Crippen LogP contribution in [-0.2, 0) is 11.0 Å². The maximum absolute atomic E-state index is 13.2. The van der Waals surface area contributed by atoms with Gasteiger partial charge in [-0.1, -0.05) is 30.3 Å². The summed E-state index contributed by atoms with van der Waals surface area (Å²) in [5.41, 5.74) is -0.486. The van der Waals surface area contributed by atoms with Gasteiger partial charge in [0.15, 0.2) is 6.61 Å². The van der Waals surface area contributed by atoms with E-state index in [1.165, 1.54) is 12.1 Å². The SMILES string of the molecule is O=C(COc1ccccc1)N1CCN(c2ccccc2C(F)(F)F)CC1. The van der Waals surface area contributed by atoms with Crippen LogP contribution < -0.4 is 9.64 Å². The van der Waals surface area contributed by atoms with Gasteiger partial charge in [0.05, 0.1) is 5.56 Å². The summed E-state index contributed by atoms with van der Waals surface area (Å²) < 4.78 is 44.9. The molecule has 0 atom stereocenters. The number of hydrogen-bond donors (Lipinski definition) is 0. The standard InChI is InChI=1S/C19H19F3N2O2/c20-19(21,22)16-8-4-5-9-17(16)23-10-12-24(13-11-23)18(25)14-26-15-6-2-1-3-7-15/h1-9H,10-14H2. The van der Waals surface area contributed by atoms with Crippen molar-refractivity contribution in [2.24, 2.45) is 0 Å². The number of para-hydroxylation sites is 2. The third-order valence-electron chi connectivity index (χ3n) is 4.29. The van der Waals surface area contributed by atoms with E-state index < -0.39 is 11.7 Å². The minimum atomic E-state index is -4.40. The molecule has 0 aliphatic carbocycles. The summed E-state index contributed by atoms with van der Waals surface area (Å²) in [6.07, 6.45) is -4.40. The van der Waals surface area contributed by atoms with Crippen molar-refractivity contribution in [2.45, 2.75) is 6.18 Å². The lowest BCUT2D eigenvalue weighted by atomic mass is 10.1. The fourth-order valence-corrected chi connectivity index (χ4v) is 2.94. The van der Waals surface area contributed by atoms with Crippen molar-refractivity contribution >= 4 is 11.6 Å². The number of halogens is 3. The van der Waals surface area contributed by atoms with Crippen LogP contribution in [0.3, 0.4) is 0 Å². The van der Waals surface area contributed by atoms with Crippen LogP contribution in [0.25, 0.3) is 0 Å². The van der Waals surface area contributed by atoms with Crippen molar-refractivity contribution in [3.63, 3.8) is 0 Å². The highest BCUT2D eigenvalue weighted by atomic mass is 19.4. The molecule has 0 saturated carbocycles. The maximum atomic E-state index is 13.2. The number of nitrogens with zero attached hydrogens (tertiary/aromatic N) is 2. The van der Waals surface area contributed by atoms with Gasteiger partial charge in [0, 0.05) is 31.9 Å². The van der Waals surface area contributed by atoms with Gasteiger partial charge < -0.3 is 14.5 Å². The van der Waals surface area contributed by atoms with Gasteiger partial charge in [-0.3, -0.25) is 4.79 Å². The second-order valence-electron chi connectivity index (χ2n) is 5.98. The van der Waals surface area contributed by atoms with E-state index in [-0.39, 0.29) is 18.2 Å². The van der Waals surface area contributed by atoms with E-state index in [4.69, 9.17) is 4.74 Å². The summed E-state index contributed by atoms with van der Waals surface area (Å²) in [5, 5.41) is 0. The number of amides is 1. The maximum Gasteiger partial charge on any atom is 0.418 e. The first kappa shape index (κ1) is 18.1. The molecule has 7 heteroatoms. The molecular weight excluding hydrogens is 345 g/mol. The number of carbonyl (C=O) groups excluding carboxylic acids is 1. The van der Waals surface area contributed by atoms with Crippen molar-refractivity contribution in [3.05, 3.63) is 60.2 Å². The summed E-state index contributed by atoms with van der Waals surface area (Å²) in [5.74, 6) is 0.441. The van der Waals surface area contributed by atoms with Crippen molar-refractivity contribution in [1.82, 2.24) is 4.90 Å². The Bertz CT molecular complexity index is 742. The van der Waals surface area contributed by atoms with Crippen LogP contribution in [0.5, 0.6) is 5.75 Å². The molecule has 0 N–H and O–H groups in total. The van der Waals surface area contributed by atoms with Crippen molar-refractivity contribution in [3.8, 4) is 5.75 Å². The Hall–Kier alpha value is -2.70. The largest absolute Gasteiger partial charge is 0.484 e. The van der Waals surface area contributed by atoms with E-state index in [1.807, 2.05) is 18.2 Å². The topological polar surface area (TPSA) is 32.8 Å². The predicted molar refractivity (Wildman–Crippen MR) is 92.2 cm³/mol. The van der Waals surface area contributed by atoms with Gasteiger partial charge in [0.2, 0.25) is 0 Å². The molecule has 1 saturated heterocycles. The minimum absolute atomic E-state index is 0.0802. The molecule has 2 aromatic rings. The Morgan fingerprint density at radius 2 is 1.54 bits per heavy atom. The van der Waals surface area contributed by atoms with Crippen molar-refractivity contribution < 1.29 is 22.7 Å². The quantitative estimate of drug-likeness (QED) is 0.833. The number of anilines is 1. The molecule has 0 radical (unpaired) electrons. The first-order chi connectivity index (χ1) is 12.4. The van der Waals surface area contributed by atoms with Crippen LogP contribution in [0.15, 0.2) is 54.6 Å². The Kier molecular flexibility index (Phi) is 5.35. The molecule has 0 aromatic heterocycles. The first-order valence-corrected chi connectivity index (χ1v) is 8.32. The van der Waals surface area contributed by atoms with Crippen molar-refractivity contribution in [2.75, 3.05) is 37.7 Å². The number of rotatable bonds is 4. The Morgan fingerprint density at radius 1 is 0.923 bits per heavy atom. The smallest absolute Gasteiger partial charge is 0.418 e. The lowest BCUT2D eigenvalue weighted by molar-refractivity contribution is -0.137. The molecule has 4 nitrogen and oxygen atoms in total. The highest BCUT2D eigenvalue weighted by molar-refractivity contribution is 5.78. The first-order valence-electron chi connectivity index (χ1n) is 8.32. The lowest BCUT2D eigenvalue weighted by Crippen LogP contribution is -2.50. The Labute approximate surface area is 149 Å². The van der Waals surface area contributed by atoms with E-state index in [2.05, 4.69) is 0 Å². The molecule has 26 heavy (non-hydrogen) atoms. The van der Waals surface area contributed by atoms with E-state index in [0.717, 1.165) is 6.07 Å². The van der Waals surface area contributed by atoms with Gasteiger partial charge in [-0.05, 0) is 24.3 Å². The lowest BCUT2D eigenvalue weighted by Gasteiger charge is -2.37. The molecule has 1 aliphatic rings. The van der Waals surface area contributed by atoms with E-state index in [1.54, 1.807) is 28.0 Å².